The van der Waals surface area contributed by atoms with Gasteiger partial charge in [0.2, 0.25) is 5.91 Å². The van der Waals surface area contributed by atoms with Gasteiger partial charge >= 0.3 is 5.69 Å². The zero-order chi connectivity index (χ0) is 20.7. The molecule has 0 unspecified atom stereocenters. The van der Waals surface area contributed by atoms with Crippen LogP contribution in [-0.4, -0.2) is 41.4 Å². The van der Waals surface area contributed by atoms with Crippen molar-refractivity contribution in [3.05, 3.63) is 51.6 Å². The number of anilines is 1. The summed E-state index contributed by atoms with van der Waals surface area (Å²) >= 11 is 4.78. The van der Waals surface area contributed by atoms with E-state index in [1.165, 1.54) is 11.8 Å². The number of aromatic nitrogens is 6. The van der Waals surface area contributed by atoms with E-state index in [4.69, 9.17) is 0 Å². The standard InChI is InChI=1S/C19H16BrN7O2S/c20-12-6-14-15(24-18(29)23-14)7-13(12)22-16(28)9-30-19-26-25-17(27(19)11-3-4-11)10-2-1-5-21-8-10/h1-2,5-8,11H,3-4,9H2,(H,22,28)(H2,23,24,29). The van der Waals surface area contributed by atoms with Crippen LogP contribution in [0.25, 0.3) is 22.4 Å². The van der Waals surface area contributed by atoms with Gasteiger partial charge in [0.15, 0.2) is 11.0 Å². The maximum atomic E-state index is 12.6. The largest absolute Gasteiger partial charge is 0.324 e. The molecule has 0 radical (unpaired) electrons. The first-order valence-electron chi connectivity index (χ1n) is 9.28. The van der Waals surface area contributed by atoms with Crippen molar-refractivity contribution in [2.75, 3.05) is 11.1 Å². The van der Waals surface area contributed by atoms with Crippen molar-refractivity contribution >= 4 is 50.3 Å². The predicted molar refractivity (Wildman–Crippen MR) is 117 cm³/mol. The van der Waals surface area contributed by atoms with Gasteiger partial charge in [-0.15, -0.1) is 10.2 Å². The number of imidazole rings is 1. The third-order valence-corrected chi connectivity index (χ3v) is 6.31. The fourth-order valence-corrected chi connectivity index (χ4v) is 4.45. The maximum absolute atomic E-state index is 12.6. The number of fused-ring (bicyclic) bond motifs is 1. The van der Waals surface area contributed by atoms with Gasteiger partial charge in [0.25, 0.3) is 0 Å². The lowest BCUT2D eigenvalue weighted by atomic mass is 10.3. The summed E-state index contributed by atoms with van der Waals surface area (Å²) in [5.41, 5.74) is 2.49. The number of H-pyrrole nitrogens is 2. The first-order valence-corrected chi connectivity index (χ1v) is 11.1. The zero-order valence-electron chi connectivity index (χ0n) is 15.6. The molecule has 0 atom stereocenters. The molecule has 0 spiro atoms. The highest BCUT2D eigenvalue weighted by atomic mass is 79.9. The normalized spacial score (nSPS) is 13.6. The minimum Gasteiger partial charge on any atom is -0.324 e. The van der Waals surface area contributed by atoms with Crippen molar-refractivity contribution < 1.29 is 4.79 Å². The Morgan fingerprint density at radius 2 is 2.07 bits per heavy atom. The van der Waals surface area contributed by atoms with Crippen LogP contribution in [0.5, 0.6) is 0 Å². The quantitative estimate of drug-likeness (QED) is 0.360. The summed E-state index contributed by atoms with van der Waals surface area (Å²) in [6.45, 7) is 0. The molecule has 1 fully saturated rings. The Kier molecular flexibility index (Phi) is 4.91. The van der Waals surface area contributed by atoms with Gasteiger partial charge < -0.3 is 15.3 Å². The monoisotopic (exact) mass is 485 g/mol. The molecule has 5 rings (SSSR count). The van der Waals surface area contributed by atoms with Crippen molar-refractivity contribution in [1.29, 1.82) is 0 Å². The molecule has 3 heterocycles. The molecular formula is C19H16BrN7O2S. The second kappa shape index (κ2) is 7.73. The van der Waals surface area contributed by atoms with Crippen LogP contribution in [0.15, 0.2) is 51.1 Å². The minimum atomic E-state index is -0.292. The van der Waals surface area contributed by atoms with Crippen LogP contribution < -0.4 is 11.0 Å². The SMILES string of the molecule is O=C(CSc1nnc(-c2cccnc2)n1C1CC1)Nc1cc2[nH]c(=O)[nH]c2cc1Br. The molecule has 0 aliphatic heterocycles. The molecule has 30 heavy (non-hydrogen) atoms. The van der Waals surface area contributed by atoms with E-state index < -0.39 is 0 Å². The Balaban J connectivity index is 1.32. The van der Waals surface area contributed by atoms with Gasteiger partial charge in [-0.3, -0.25) is 14.3 Å². The van der Waals surface area contributed by atoms with E-state index in [0.29, 0.717) is 27.2 Å². The van der Waals surface area contributed by atoms with Gasteiger partial charge in [-0.05, 0) is 53.0 Å². The fourth-order valence-electron chi connectivity index (χ4n) is 3.20. The molecule has 11 heteroatoms. The van der Waals surface area contributed by atoms with Crippen LogP contribution >= 0.6 is 27.7 Å². The van der Waals surface area contributed by atoms with Gasteiger partial charge in [-0.25, -0.2) is 4.79 Å². The Labute approximate surface area is 182 Å². The number of nitrogens with one attached hydrogen (secondary N) is 3. The number of rotatable bonds is 6. The van der Waals surface area contributed by atoms with Gasteiger partial charge in [-0.2, -0.15) is 0 Å². The molecule has 1 aliphatic carbocycles. The lowest BCUT2D eigenvalue weighted by Crippen LogP contribution is -2.15. The van der Waals surface area contributed by atoms with E-state index in [1.54, 1.807) is 24.5 Å². The number of nitrogens with zero attached hydrogens (tertiary/aromatic N) is 4. The molecular weight excluding hydrogens is 470 g/mol. The van der Waals surface area contributed by atoms with E-state index in [-0.39, 0.29) is 17.3 Å². The number of hydrogen-bond donors (Lipinski definition) is 3. The molecule has 4 aromatic rings. The predicted octanol–water partition coefficient (Wildman–Crippen LogP) is 3.34. The molecule has 1 saturated carbocycles. The number of amides is 1. The van der Waals surface area contributed by atoms with E-state index in [2.05, 4.69) is 51.0 Å². The van der Waals surface area contributed by atoms with Crippen molar-refractivity contribution in [3.8, 4) is 11.4 Å². The Morgan fingerprint density at radius 3 is 2.80 bits per heavy atom. The molecule has 9 nitrogen and oxygen atoms in total. The number of aromatic amines is 2. The number of carbonyl (C=O) groups excluding carboxylic acids is 1. The van der Waals surface area contributed by atoms with Crippen LogP contribution in [0.2, 0.25) is 0 Å². The molecule has 3 aromatic heterocycles. The van der Waals surface area contributed by atoms with E-state index in [9.17, 15) is 9.59 Å². The third-order valence-electron chi connectivity index (χ3n) is 4.71. The highest BCUT2D eigenvalue weighted by Crippen LogP contribution is 2.41. The average Bonchev–Trinajstić information content (AvgIpc) is 3.38. The van der Waals surface area contributed by atoms with Crippen LogP contribution in [0.4, 0.5) is 5.69 Å². The van der Waals surface area contributed by atoms with Crippen LogP contribution in [0, 0.1) is 0 Å². The smallest absolute Gasteiger partial charge is 0.323 e. The summed E-state index contributed by atoms with van der Waals surface area (Å²) in [5.74, 6) is 0.788. The second-order valence-corrected chi connectivity index (χ2v) is 8.74. The minimum absolute atomic E-state index is 0.175. The number of benzene rings is 1. The summed E-state index contributed by atoms with van der Waals surface area (Å²) in [7, 11) is 0. The molecule has 0 bridgehead atoms. The fraction of sp³-hybridized carbons (Fsp3) is 0.211. The van der Waals surface area contributed by atoms with Gasteiger partial charge in [-0.1, -0.05) is 11.8 Å². The lowest BCUT2D eigenvalue weighted by Gasteiger charge is -2.09. The lowest BCUT2D eigenvalue weighted by molar-refractivity contribution is -0.113. The molecule has 1 amide bonds. The van der Waals surface area contributed by atoms with E-state index in [0.717, 1.165) is 29.4 Å². The molecule has 152 valence electrons. The number of carbonyl (C=O) groups is 1. The van der Waals surface area contributed by atoms with Crippen LogP contribution in [0.3, 0.4) is 0 Å². The summed E-state index contributed by atoms with van der Waals surface area (Å²) in [5, 5.41) is 12.2. The summed E-state index contributed by atoms with van der Waals surface area (Å²) in [6, 6.07) is 7.65. The molecule has 0 saturated heterocycles. The van der Waals surface area contributed by atoms with Crippen molar-refractivity contribution in [3.63, 3.8) is 0 Å². The van der Waals surface area contributed by atoms with Crippen molar-refractivity contribution in [1.82, 2.24) is 29.7 Å². The van der Waals surface area contributed by atoms with Crippen molar-refractivity contribution in [2.24, 2.45) is 0 Å². The Bertz CT molecular complexity index is 1290. The second-order valence-electron chi connectivity index (χ2n) is 6.94. The average molecular weight is 486 g/mol. The van der Waals surface area contributed by atoms with Crippen LogP contribution in [-0.2, 0) is 4.79 Å². The Morgan fingerprint density at radius 1 is 1.27 bits per heavy atom. The van der Waals surface area contributed by atoms with E-state index >= 15 is 0 Å². The first-order chi connectivity index (χ1) is 14.6. The molecule has 3 N–H and O–H groups in total. The maximum Gasteiger partial charge on any atom is 0.323 e. The summed E-state index contributed by atoms with van der Waals surface area (Å²) in [4.78, 5) is 33.5. The number of pyridine rings is 1. The Hall–Kier alpha value is -2.92. The highest BCUT2D eigenvalue weighted by molar-refractivity contribution is 9.10. The summed E-state index contributed by atoms with van der Waals surface area (Å²) < 4.78 is 2.78. The number of halogens is 1. The molecule has 1 aromatic carbocycles. The topological polar surface area (TPSA) is 121 Å². The number of thioether (sulfide) groups is 1. The van der Waals surface area contributed by atoms with Crippen molar-refractivity contribution in [2.45, 2.75) is 24.0 Å². The number of hydrogen-bond acceptors (Lipinski definition) is 6. The van der Waals surface area contributed by atoms with Crippen LogP contribution in [0.1, 0.15) is 18.9 Å². The first kappa shape index (κ1) is 19.1. The van der Waals surface area contributed by atoms with E-state index in [1.807, 2.05) is 12.1 Å². The van der Waals surface area contributed by atoms with Gasteiger partial charge in [0, 0.05) is 28.5 Å². The van der Waals surface area contributed by atoms with Gasteiger partial charge in [0.05, 0.1) is 22.5 Å². The summed E-state index contributed by atoms with van der Waals surface area (Å²) in [6.07, 6.45) is 5.64. The highest BCUT2D eigenvalue weighted by Gasteiger charge is 2.30. The van der Waals surface area contributed by atoms with Gasteiger partial charge in [0.1, 0.15) is 0 Å². The molecule has 1 aliphatic rings. The zero-order valence-corrected chi connectivity index (χ0v) is 18.0. The third kappa shape index (κ3) is 3.77.